The molecule has 1 amide bonds. The van der Waals surface area contributed by atoms with Crippen molar-refractivity contribution in [3.8, 4) is 0 Å². The monoisotopic (exact) mass is 316 g/mol. The Hall–Kier alpha value is -1.75. The van der Waals surface area contributed by atoms with Gasteiger partial charge < -0.3 is 30.6 Å². The number of carbonyl (C=O) groups is 1. The predicted octanol–water partition coefficient (Wildman–Crippen LogP) is -3.07. The summed E-state index contributed by atoms with van der Waals surface area (Å²) in [7, 11) is 0. The number of carbonyl (C=O) groups excluding carboxylic acids is 1. The van der Waals surface area contributed by atoms with Gasteiger partial charge in [-0.3, -0.25) is 15.6 Å². The van der Waals surface area contributed by atoms with E-state index in [0.717, 1.165) is 0 Å². The Labute approximate surface area is 126 Å². The van der Waals surface area contributed by atoms with Gasteiger partial charge in [0.15, 0.2) is 6.10 Å². The number of nitrogens with one attached hydrogen (secondary N) is 2. The molecule has 22 heavy (non-hydrogen) atoms. The molecule has 0 aliphatic carbocycles. The zero-order valence-corrected chi connectivity index (χ0v) is 11.6. The highest BCUT2D eigenvalue weighted by Crippen LogP contribution is 2.09. The molecule has 0 aliphatic rings. The van der Waals surface area contributed by atoms with Gasteiger partial charge in [0.2, 0.25) is 0 Å². The number of hydrogen-bond acceptors (Lipinski definition) is 8. The molecule has 1 aromatic carbocycles. The Bertz CT molecular complexity index is 459. The van der Waals surface area contributed by atoms with Crippen LogP contribution in [0.3, 0.4) is 0 Å². The van der Waals surface area contributed by atoms with E-state index in [9.17, 15) is 25.2 Å². The molecule has 0 aliphatic heterocycles. The summed E-state index contributed by atoms with van der Waals surface area (Å²) in [5.74, 6) is -1.05. The van der Waals surface area contributed by atoms with Crippen molar-refractivity contribution in [2.45, 2.75) is 30.5 Å². The molecular weight excluding hydrogens is 296 g/mol. The third-order valence-electron chi connectivity index (χ3n) is 2.98. The quantitative estimate of drug-likeness (QED) is 0.234. The van der Waals surface area contributed by atoms with E-state index in [1.54, 1.807) is 30.3 Å². The lowest BCUT2D eigenvalue weighted by Gasteiger charge is -2.28. The number of aliphatic hydroxyl groups is 6. The maximum atomic E-state index is 11.6. The van der Waals surface area contributed by atoms with Gasteiger partial charge in [0.25, 0.3) is 5.91 Å². The molecule has 0 aromatic heterocycles. The third kappa shape index (κ3) is 4.91. The van der Waals surface area contributed by atoms with Gasteiger partial charge in [-0.25, -0.2) is 0 Å². The van der Waals surface area contributed by atoms with E-state index < -0.39 is 43.0 Å². The fourth-order valence-corrected chi connectivity index (χ4v) is 1.61. The van der Waals surface area contributed by atoms with E-state index in [-0.39, 0.29) is 0 Å². The van der Waals surface area contributed by atoms with Crippen LogP contribution in [0, 0.1) is 0 Å². The van der Waals surface area contributed by atoms with Crippen LogP contribution in [0.25, 0.3) is 0 Å². The van der Waals surface area contributed by atoms with E-state index in [0.29, 0.717) is 5.69 Å². The standard InChI is InChI=1S/C13H20N2O7/c16-6-8(17)9(18)10(19)11(20)12(21)13(22)15-14-7-4-2-1-3-5-7/h1-5,8-12,14,16-21H,6H2,(H,15,22)/t8-,9+,10-,11-,12+/m1/s1. The molecule has 0 spiro atoms. The number of benzene rings is 1. The van der Waals surface area contributed by atoms with Crippen LogP contribution in [-0.4, -0.2) is 73.7 Å². The fourth-order valence-electron chi connectivity index (χ4n) is 1.61. The van der Waals surface area contributed by atoms with Gasteiger partial charge in [-0.1, -0.05) is 18.2 Å². The van der Waals surface area contributed by atoms with Crippen LogP contribution in [0.1, 0.15) is 0 Å². The van der Waals surface area contributed by atoms with Gasteiger partial charge in [-0.2, -0.15) is 0 Å². The molecule has 0 fully saturated rings. The third-order valence-corrected chi connectivity index (χ3v) is 2.98. The van der Waals surface area contributed by atoms with Crippen LogP contribution in [0.4, 0.5) is 5.69 Å². The number of amides is 1. The first-order chi connectivity index (χ1) is 10.4. The minimum atomic E-state index is -2.06. The highest BCUT2D eigenvalue weighted by atomic mass is 16.4. The van der Waals surface area contributed by atoms with E-state index in [4.69, 9.17) is 10.2 Å². The number of rotatable bonds is 8. The molecule has 0 bridgehead atoms. The fraction of sp³-hybridized carbons (Fsp3) is 0.462. The first kappa shape index (κ1) is 18.3. The highest BCUT2D eigenvalue weighted by Gasteiger charge is 2.37. The Morgan fingerprint density at radius 1 is 0.955 bits per heavy atom. The van der Waals surface area contributed by atoms with Crippen LogP contribution in [-0.2, 0) is 4.79 Å². The molecule has 8 N–H and O–H groups in total. The lowest BCUT2D eigenvalue weighted by Crippen LogP contribution is -2.54. The molecule has 1 rings (SSSR count). The van der Waals surface area contributed by atoms with E-state index in [1.165, 1.54) is 0 Å². The zero-order valence-electron chi connectivity index (χ0n) is 11.6. The maximum Gasteiger partial charge on any atom is 0.269 e. The average Bonchev–Trinajstić information content (AvgIpc) is 2.56. The van der Waals surface area contributed by atoms with Crippen LogP contribution < -0.4 is 10.9 Å². The summed E-state index contributed by atoms with van der Waals surface area (Å²) in [6.45, 7) is -0.858. The lowest BCUT2D eigenvalue weighted by atomic mass is 9.99. The van der Waals surface area contributed by atoms with Crippen LogP contribution in [0.2, 0.25) is 0 Å². The second-order valence-corrected chi connectivity index (χ2v) is 4.65. The molecule has 0 saturated heterocycles. The highest BCUT2D eigenvalue weighted by molar-refractivity contribution is 5.82. The number of hydrogen-bond donors (Lipinski definition) is 8. The molecule has 0 radical (unpaired) electrons. The van der Waals surface area contributed by atoms with E-state index in [2.05, 4.69) is 10.9 Å². The Balaban J connectivity index is 2.54. The normalized spacial score (nSPS) is 17.9. The second-order valence-electron chi connectivity index (χ2n) is 4.65. The molecule has 1 aromatic rings. The van der Waals surface area contributed by atoms with Crippen molar-refractivity contribution in [2.24, 2.45) is 0 Å². The Morgan fingerprint density at radius 3 is 2.09 bits per heavy atom. The maximum absolute atomic E-state index is 11.6. The van der Waals surface area contributed by atoms with Crippen molar-refractivity contribution < 1.29 is 35.4 Å². The number of para-hydroxylation sites is 1. The molecule has 5 atom stereocenters. The van der Waals surface area contributed by atoms with Gasteiger partial charge in [-0.05, 0) is 12.1 Å². The molecule has 0 heterocycles. The first-order valence-electron chi connectivity index (χ1n) is 6.50. The molecule has 9 nitrogen and oxygen atoms in total. The van der Waals surface area contributed by atoms with E-state index in [1.807, 2.05) is 0 Å². The summed E-state index contributed by atoms with van der Waals surface area (Å²) in [6, 6.07) is 8.45. The van der Waals surface area contributed by atoms with Gasteiger partial charge in [0, 0.05) is 0 Å². The molecule has 124 valence electrons. The topological polar surface area (TPSA) is 163 Å². The molecular formula is C13H20N2O7. The SMILES string of the molecule is O=C(NNc1ccccc1)[C@@H](O)[C@H](O)[C@H](O)[C@@H](O)[C@H](O)CO. The van der Waals surface area contributed by atoms with Gasteiger partial charge in [0.05, 0.1) is 12.3 Å². The first-order valence-corrected chi connectivity index (χ1v) is 6.50. The van der Waals surface area contributed by atoms with Crippen molar-refractivity contribution in [3.63, 3.8) is 0 Å². The second kappa shape index (κ2) is 8.63. The van der Waals surface area contributed by atoms with Crippen LogP contribution >= 0.6 is 0 Å². The van der Waals surface area contributed by atoms with Crippen molar-refractivity contribution in [1.82, 2.24) is 5.43 Å². The van der Waals surface area contributed by atoms with Crippen molar-refractivity contribution in [1.29, 1.82) is 0 Å². The van der Waals surface area contributed by atoms with Crippen LogP contribution in [0.15, 0.2) is 30.3 Å². The minimum Gasteiger partial charge on any atom is -0.394 e. The van der Waals surface area contributed by atoms with Gasteiger partial charge >= 0.3 is 0 Å². The number of hydrazine groups is 1. The summed E-state index contributed by atoms with van der Waals surface area (Å²) in [5.41, 5.74) is 5.11. The smallest absolute Gasteiger partial charge is 0.269 e. The summed E-state index contributed by atoms with van der Waals surface area (Å²) in [5, 5.41) is 56.0. The largest absolute Gasteiger partial charge is 0.394 e. The Kier molecular flexibility index (Phi) is 7.18. The average molecular weight is 316 g/mol. The van der Waals surface area contributed by atoms with Crippen molar-refractivity contribution >= 4 is 11.6 Å². The molecule has 0 saturated carbocycles. The number of anilines is 1. The van der Waals surface area contributed by atoms with Gasteiger partial charge in [-0.15, -0.1) is 0 Å². The van der Waals surface area contributed by atoms with E-state index >= 15 is 0 Å². The lowest BCUT2D eigenvalue weighted by molar-refractivity contribution is -0.156. The summed E-state index contributed by atoms with van der Waals surface area (Å²) in [6.07, 6.45) is -9.80. The van der Waals surface area contributed by atoms with Crippen molar-refractivity contribution in [2.75, 3.05) is 12.0 Å². The van der Waals surface area contributed by atoms with Crippen molar-refractivity contribution in [3.05, 3.63) is 30.3 Å². The number of aliphatic hydroxyl groups excluding tert-OH is 6. The minimum absolute atomic E-state index is 0.522. The summed E-state index contributed by atoms with van der Waals surface area (Å²) in [4.78, 5) is 11.6. The predicted molar refractivity (Wildman–Crippen MR) is 75.3 cm³/mol. The van der Waals surface area contributed by atoms with Gasteiger partial charge in [0.1, 0.15) is 24.4 Å². The molecule has 9 heteroatoms. The summed E-state index contributed by atoms with van der Waals surface area (Å²) >= 11 is 0. The zero-order chi connectivity index (χ0) is 16.7. The summed E-state index contributed by atoms with van der Waals surface area (Å²) < 4.78 is 0. The Morgan fingerprint density at radius 2 is 1.55 bits per heavy atom. The van der Waals surface area contributed by atoms with Crippen LogP contribution in [0.5, 0.6) is 0 Å². The molecule has 0 unspecified atom stereocenters.